The SMILES string of the molecule is CCCn1ccnc1CC(NN)c1ccc(Br)c(Cl)c1. The van der Waals surface area contributed by atoms with Crippen molar-refractivity contribution in [3.63, 3.8) is 0 Å². The van der Waals surface area contributed by atoms with Crippen molar-refractivity contribution >= 4 is 27.5 Å². The minimum atomic E-state index is -0.0152. The minimum absolute atomic E-state index is 0.0152. The van der Waals surface area contributed by atoms with Crippen molar-refractivity contribution in [2.45, 2.75) is 32.4 Å². The average Bonchev–Trinajstić information content (AvgIpc) is 2.87. The molecule has 0 aliphatic heterocycles. The van der Waals surface area contributed by atoms with Crippen molar-refractivity contribution in [3.8, 4) is 0 Å². The summed E-state index contributed by atoms with van der Waals surface area (Å²) >= 11 is 9.53. The number of imidazole rings is 1. The van der Waals surface area contributed by atoms with Gasteiger partial charge in [-0.2, -0.15) is 0 Å². The van der Waals surface area contributed by atoms with Gasteiger partial charge in [0.05, 0.1) is 11.1 Å². The predicted molar refractivity (Wildman–Crippen MR) is 85.4 cm³/mol. The number of nitrogens with one attached hydrogen (secondary N) is 1. The summed E-state index contributed by atoms with van der Waals surface area (Å²) in [6, 6.07) is 5.84. The molecule has 0 radical (unpaired) electrons. The highest BCUT2D eigenvalue weighted by atomic mass is 79.9. The molecule has 0 amide bonds. The summed E-state index contributed by atoms with van der Waals surface area (Å²) in [5.74, 6) is 6.71. The lowest BCUT2D eigenvalue weighted by Crippen LogP contribution is -2.30. The van der Waals surface area contributed by atoms with Gasteiger partial charge in [-0.3, -0.25) is 11.3 Å². The maximum absolute atomic E-state index is 6.14. The van der Waals surface area contributed by atoms with E-state index in [2.05, 4.69) is 37.8 Å². The number of nitrogens with zero attached hydrogens (tertiary/aromatic N) is 2. The summed E-state index contributed by atoms with van der Waals surface area (Å²) in [5.41, 5.74) is 3.89. The number of nitrogens with two attached hydrogens (primary N) is 1. The van der Waals surface area contributed by atoms with E-state index in [1.165, 1.54) is 0 Å². The number of hydrazine groups is 1. The Morgan fingerprint density at radius 1 is 1.50 bits per heavy atom. The summed E-state index contributed by atoms with van der Waals surface area (Å²) in [6.45, 7) is 3.12. The molecule has 0 spiro atoms. The number of hydrogen-bond acceptors (Lipinski definition) is 3. The first-order chi connectivity index (χ1) is 9.65. The van der Waals surface area contributed by atoms with Gasteiger partial charge in [-0.1, -0.05) is 24.6 Å². The number of rotatable bonds is 6. The smallest absolute Gasteiger partial charge is 0.110 e. The van der Waals surface area contributed by atoms with Gasteiger partial charge >= 0.3 is 0 Å². The summed E-state index contributed by atoms with van der Waals surface area (Å²) in [5, 5.41) is 0.680. The summed E-state index contributed by atoms with van der Waals surface area (Å²) in [4.78, 5) is 4.41. The molecular weight excluding hydrogens is 340 g/mol. The van der Waals surface area contributed by atoms with E-state index in [4.69, 9.17) is 17.4 Å². The molecule has 3 N–H and O–H groups in total. The lowest BCUT2D eigenvalue weighted by atomic mass is 10.0. The van der Waals surface area contributed by atoms with E-state index in [1.807, 2.05) is 30.6 Å². The van der Waals surface area contributed by atoms with E-state index < -0.39 is 0 Å². The van der Waals surface area contributed by atoms with Crippen molar-refractivity contribution < 1.29 is 0 Å². The number of aromatic nitrogens is 2. The van der Waals surface area contributed by atoms with Crippen molar-refractivity contribution in [3.05, 3.63) is 51.5 Å². The average molecular weight is 358 g/mol. The molecule has 4 nitrogen and oxygen atoms in total. The highest BCUT2D eigenvalue weighted by Gasteiger charge is 2.15. The van der Waals surface area contributed by atoms with Crippen molar-refractivity contribution in [1.29, 1.82) is 0 Å². The van der Waals surface area contributed by atoms with Crippen LogP contribution in [-0.2, 0) is 13.0 Å². The highest BCUT2D eigenvalue weighted by molar-refractivity contribution is 9.10. The molecule has 2 rings (SSSR count). The van der Waals surface area contributed by atoms with Crippen LogP contribution < -0.4 is 11.3 Å². The molecule has 20 heavy (non-hydrogen) atoms. The monoisotopic (exact) mass is 356 g/mol. The first-order valence-electron chi connectivity index (χ1n) is 6.56. The fourth-order valence-corrected chi connectivity index (χ4v) is 2.59. The second-order valence-electron chi connectivity index (χ2n) is 4.63. The molecule has 1 unspecified atom stereocenters. The van der Waals surface area contributed by atoms with Crippen molar-refractivity contribution in [2.75, 3.05) is 0 Å². The van der Waals surface area contributed by atoms with Gasteiger partial charge in [0.15, 0.2) is 0 Å². The van der Waals surface area contributed by atoms with Crippen LogP contribution in [0.5, 0.6) is 0 Å². The molecule has 2 aromatic rings. The van der Waals surface area contributed by atoms with Gasteiger partial charge in [-0.15, -0.1) is 0 Å². The molecule has 1 aromatic heterocycles. The molecule has 108 valence electrons. The zero-order chi connectivity index (χ0) is 14.5. The Balaban J connectivity index is 2.19. The third-order valence-electron chi connectivity index (χ3n) is 3.20. The van der Waals surface area contributed by atoms with E-state index in [-0.39, 0.29) is 6.04 Å². The normalized spacial score (nSPS) is 12.6. The second-order valence-corrected chi connectivity index (χ2v) is 5.90. The Kier molecular flexibility index (Phi) is 5.60. The molecule has 0 saturated carbocycles. The lowest BCUT2D eigenvalue weighted by molar-refractivity contribution is 0.517. The van der Waals surface area contributed by atoms with Gasteiger partial charge < -0.3 is 4.57 Å². The van der Waals surface area contributed by atoms with Crippen molar-refractivity contribution in [2.24, 2.45) is 5.84 Å². The maximum Gasteiger partial charge on any atom is 0.110 e. The topological polar surface area (TPSA) is 55.9 Å². The fraction of sp³-hybridized carbons (Fsp3) is 0.357. The predicted octanol–water partition coefficient (Wildman–Crippen LogP) is 3.46. The zero-order valence-electron chi connectivity index (χ0n) is 11.3. The highest BCUT2D eigenvalue weighted by Crippen LogP contribution is 2.27. The van der Waals surface area contributed by atoms with Crippen LogP contribution in [0.4, 0.5) is 0 Å². The van der Waals surface area contributed by atoms with Crippen LogP contribution in [0.25, 0.3) is 0 Å². The standard InChI is InChI=1S/C14H18BrClN4/c1-2-6-20-7-5-18-14(20)9-13(19-17)10-3-4-11(15)12(16)8-10/h3-5,7-8,13,19H,2,6,9,17H2,1H3. The van der Waals surface area contributed by atoms with Crippen LogP contribution in [0, 0.1) is 0 Å². The van der Waals surface area contributed by atoms with E-state index in [0.29, 0.717) is 5.02 Å². The van der Waals surface area contributed by atoms with Gasteiger partial charge in [0.25, 0.3) is 0 Å². The second kappa shape index (κ2) is 7.22. The Morgan fingerprint density at radius 2 is 2.30 bits per heavy atom. The summed E-state index contributed by atoms with van der Waals surface area (Å²) in [6.07, 6.45) is 5.63. The largest absolute Gasteiger partial charge is 0.335 e. The molecule has 1 atom stereocenters. The lowest BCUT2D eigenvalue weighted by Gasteiger charge is -2.17. The first-order valence-corrected chi connectivity index (χ1v) is 7.74. The Labute approximate surface area is 132 Å². The van der Waals surface area contributed by atoms with Gasteiger partial charge in [0.2, 0.25) is 0 Å². The summed E-state index contributed by atoms with van der Waals surface area (Å²) in [7, 11) is 0. The molecule has 0 fully saturated rings. The van der Waals surface area contributed by atoms with Gasteiger partial charge in [0, 0.05) is 29.8 Å². The maximum atomic E-state index is 6.14. The van der Waals surface area contributed by atoms with Crippen LogP contribution in [0.1, 0.15) is 30.8 Å². The number of aryl methyl sites for hydroxylation is 1. The van der Waals surface area contributed by atoms with Gasteiger partial charge in [-0.25, -0.2) is 4.98 Å². The van der Waals surface area contributed by atoms with E-state index >= 15 is 0 Å². The molecular formula is C14H18BrClN4. The van der Waals surface area contributed by atoms with Crippen LogP contribution in [0.15, 0.2) is 35.1 Å². The van der Waals surface area contributed by atoms with E-state index in [9.17, 15) is 0 Å². The minimum Gasteiger partial charge on any atom is -0.335 e. The Morgan fingerprint density at radius 3 is 2.95 bits per heavy atom. The molecule has 6 heteroatoms. The molecule has 0 saturated heterocycles. The molecule has 0 aliphatic rings. The van der Waals surface area contributed by atoms with Crippen LogP contribution in [-0.4, -0.2) is 9.55 Å². The van der Waals surface area contributed by atoms with Crippen LogP contribution >= 0.6 is 27.5 Å². The van der Waals surface area contributed by atoms with Gasteiger partial charge in [0.1, 0.15) is 5.82 Å². The molecule has 1 aromatic carbocycles. The van der Waals surface area contributed by atoms with Crippen LogP contribution in [0.3, 0.4) is 0 Å². The third-order valence-corrected chi connectivity index (χ3v) is 4.43. The van der Waals surface area contributed by atoms with E-state index in [1.54, 1.807) is 0 Å². The number of hydrogen-bond donors (Lipinski definition) is 2. The van der Waals surface area contributed by atoms with Gasteiger partial charge in [-0.05, 0) is 40.0 Å². The third kappa shape index (κ3) is 3.61. The fourth-order valence-electron chi connectivity index (χ4n) is 2.16. The number of halogens is 2. The molecule has 1 heterocycles. The Bertz CT molecular complexity index is 570. The first kappa shape index (κ1) is 15.5. The van der Waals surface area contributed by atoms with Crippen LogP contribution in [0.2, 0.25) is 5.02 Å². The van der Waals surface area contributed by atoms with Crippen molar-refractivity contribution in [1.82, 2.24) is 15.0 Å². The Hall–Kier alpha value is -0.880. The number of benzene rings is 1. The molecule has 0 bridgehead atoms. The van der Waals surface area contributed by atoms with E-state index in [0.717, 1.165) is 35.2 Å². The zero-order valence-corrected chi connectivity index (χ0v) is 13.7. The summed E-state index contributed by atoms with van der Waals surface area (Å²) < 4.78 is 3.04. The quantitative estimate of drug-likeness (QED) is 0.615. The molecule has 0 aliphatic carbocycles.